The molecule has 108 valence electrons. The summed E-state index contributed by atoms with van der Waals surface area (Å²) in [4.78, 5) is 1.24. The van der Waals surface area contributed by atoms with Crippen LogP contribution in [0.25, 0.3) is 0 Å². The summed E-state index contributed by atoms with van der Waals surface area (Å²) in [6.07, 6.45) is 3.80. The van der Waals surface area contributed by atoms with Crippen LogP contribution in [0.5, 0.6) is 0 Å². The van der Waals surface area contributed by atoms with Crippen LogP contribution in [0.3, 0.4) is 0 Å². The zero-order chi connectivity index (χ0) is 14.4. The summed E-state index contributed by atoms with van der Waals surface area (Å²) >= 11 is 5.37. The fraction of sp³-hybridized carbons (Fsp3) is 0.357. The van der Waals surface area contributed by atoms with Crippen molar-refractivity contribution in [3.05, 3.63) is 46.7 Å². The summed E-state index contributed by atoms with van der Waals surface area (Å²) in [6, 6.07) is 10.6. The van der Waals surface area contributed by atoms with Gasteiger partial charge in [-0.25, -0.2) is 0 Å². The molecule has 1 aromatic heterocycles. The summed E-state index contributed by atoms with van der Waals surface area (Å²) in [5.41, 5.74) is 4.14. The number of hydrogen-bond donors (Lipinski definition) is 2. The quantitative estimate of drug-likeness (QED) is 0.456. The fourth-order valence-electron chi connectivity index (χ4n) is 1.94. The monoisotopic (exact) mass is 354 g/mol. The predicted octanol–water partition coefficient (Wildman–Crippen LogP) is 2.74. The van der Waals surface area contributed by atoms with Gasteiger partial charge in [0.05, 0.1) is 0 Å². The van der Waals surface area contributed by atoms with Crippen molar-refractivity contribution in [2.45, 2.75) is 23.8 Å². The Balaban J connectivity index is 1.84. The van der Waals surface area contributed by atoms with Crippen molar-refractivity contribution in [2.24, 2.45) is 12.9 Å². The predicted molar refractivity (Wildman–Crippen MR) is 87.5 cm³/mol. The molecular formula is C14H19BrN4S. The molecule has 2 rings (SSSR count). The number of hydrazine groups is 1. The Morgan fingerprint density at radius 3 is 2.85 bits per heavy atom. The second-order valence-corrected chi connectivity index (χ2v) is 6.51. The van der Waals surface area contributed by atoms with Gasteiger partial charge in [-0.3, -0.25) is 16.0 Å². The van der Waals surface area contributed by atoms with Gasteiger partial charge in [0.15, 0.2) is 0 Å². The van der Waals surface area contributed by atoms with Crippen molar-refractivity contribution in [2.75, 3.05) is 5.75 Å². The summed E-state index contributed by atoms with van der Waals surface area (Å²) in [5.74, 6) is 6.60. The molecule has 0 aliphatic heterocycles. The number of thioether (sulfide) groups is 1. The zero-order valence-corrected chi connectivity index (χ0v) is 13.8. The molecule has 0 amide bonds. The largest absolute Gasteiger partial charge is 0.273 e. The van der Waals surface area contributed by atoms with Crippen molar-refractivity contribution >= 4 is 27.7 Å². The number of nitrogens with two attached hydrogens (primary N) is 1. The number of rotatable bonds is 7. The van der Waals surface area contributed by atoms with E-state index in [0.29, 0.717) is 0 Å². The topological polar surface area (TPSA) is 55.9 Å². The molecule has 0 fully saturated rings. The first kappa shape index (κ1) is 15.6. The summed E-state index contributed by atoms with van der Waals surface area (Å²) < 4.78 is 3.04. The van der Waals surface area contributed by atoms with E-state index in [4.69, 9.17) is 5.84 Å². The third-order valence-corrected chi connectivity index (χ3v) is 5.37. The second-order valence-electron chi connectivity index (χ2n) is 4.59. The Labute approximate surface area is 132 Å². The van der Waals surface area contributed by atoms with Crippen LogP contribution in [0, 0.1) is 0 Å². The van der Waals surface area contributed by atoms with Gasteiger partial charge in [0.1, 0.15) is 0 Å². The molecule has 0 saturated heterocycles. The van der Waals surface area contributed by atoms with Crippen LogP contribution in [0.4, 0.5) is 0 Å². The number of halogens is 1. The van der Waals surface area contributed by atoms with Crippen LogP contribution in [0.15, 0.2) is 45.9 Å². The van der Waals surface area contributed by atoms with Crippen LogP contribution < -0.4 is 11.3 Å². The van der Waals surface area contributed by atoms with E-state index in [-0.39, 0.29) is 6.04 Å². The highest BCUT2D eigenvalue weighted by Gasteiger charge is 2.10. The summed E-state index contributed by atoms with van der Waals surface area (Å²) in [5, 5.41) is 4.18. The number of hydrogen-bond acceptors (Lipinski definition) is 4. The Morgan fingerprint density at radius 1 is 1.40 bits per heavy atom. The van der Waals surface area contributed by atoms with Gasteiger partial charge in [-0.15, -0.1) is 11.8 Å². The maximum Gasteiger partial charge on any atom is 0.0492 e. The average Bonchev–Trinajstić information content (AvgIpc) is 2.86. The Kier molecular flexibility index (Phi) is 6.09. The van der Waals surface area contributed by atoms with Gasteiger partial charge in [-0.05, 0) is 47.0 Å². The lowest BCUT2D eigenvalue weighted by molar-refractivity contribution is 0.528. The molecule has 0 aliphatic carbocycles. The summed E-state index contributed by atoms with van der Waals surface area (Å²) in [7, 11) is 1.97. The number of nitrogens with one attached hydrogen (secondary N) is 1. The molecule has 0 bridgehead atoms. The molecule has 1 heterocycles. The molecule has 1 atom stereocenters. The number of benzene rings is 1. The van der Waals surface area contributed by atoms with Crippen LogP contribution in [-0.4, -0.2) is 21.6 Å². The zero-order valence-electron chi connectivity index (χ0n) is 11.4. The number of aromatic nitrogens is 2. The molecule has 1 unspecified atom stereocenters. The van der Waals surface area contributed by atoms with Crippen LogP contribution in [0.2, 0.25) is 0 Å². The van der Waals surface area contributed by atoms with E-state index in [1.165, 1.54) is 10.6 Å². The van der Waals surface area contributed by atoms with Crippen molar-refractivity contribution in [3.63, 3.8) is 0 Å². The fourth-order valence-corrected chi connectivity index (χ4v) is 3.59. The first-order valence-corrected chi connectivity index (χ1v) is 8.29. The molecule has 0 radical (unpaired) electrons. The summed E-state index contributed by atoms with van der Waals surface area (Å²) in [6.45, 7) is 0. The molecule has 6 heteroatoms. The molecular weight excluding hydrogens is 336 g/mol. The van der Waals surface area contributed by atoms with Crippen molar-refractivity contribution < 1.29 is 0 Å². The van der Waals surface area contributed by atoms with Crippen LogP contribution in [0.1, 0.15) is 12.1 Å². The molecule has 20 heavy (non-hydrogen) atoms. The van der Waals surface area contributed by atoms with Gasteiger partial charge in [-0.1, -0.05) is 12.1 Å². The van der Waals surface area contributed by atoms with Crippen LogP contribution >= 0.6 is 27.7 Å². The second kappa shape index (κ2) is 7.83. The molecule has 2 aromatic rings. The third-order valence-electron chi connectivity index (χ3n) is 3.18. The Hall–Kier alpha value is -0.820. The van der Waals surface area contributed by atoms with Gasteiger partial charge in [-0.2, -0.15) is 5.10 Å². The minimum atomic E-state index is 0.280. The molecule has 0 aliphatic rings. The van der Waals surface area contributed by atoms with E-state index in [9.17, 15) is 0 Å². The third kappa shape index (κ3) is 4.34. The highest BCUT2D eigenvalue weighted by Crippen LogP contribution is 2.27. The van der Waals surface area contributed by atoms with Crippen molar-refractivity contribution in [1.29, 1.82) is 0 Å². The average molecular weight is 355 g/mol. The van der Waals surface area contributed by atoms with Crippen molar-refractivity contribution in [1.82, 2.24) is 15.2 Å². The molecule has 4 nitrogen and oxygen atoms in total. The number of nitrogens with zero attached hydrogens (tertiary/aromatic N) is 2. The van der Waals surface area contributed by atoms with Crippen LogP contribution in [-0.2, 0) is 13.5 Å². The lowest BCUT2D eigenvalue weighted by Crippen LogP contribution is -2.37. The van der Waals surface area contributed by atoms with E-state index >= 15 is 0 Å². The van der Waals surface area contributed by atoms with E-state index in [1.807, 2.05) is 41.8 Å². The van der Waals surface area contributed by atoms with Crippen molar-refractivity contribution in [3.8, 4) is 0 Å². The first-order chi connectivity index (χ1) is 9.70. The maximum atomic E-state index is 5.66. The van der Waals surface area contributed by atoms with E-state index in [1.54, 1.807) is 0 Å². The van der Waals surface area contributed by atoms with Gasteiger partial charge in [0.25, 0.3) is 0 Å². The van der Waals surface area contributed by atoms with Gasteiger partial charge < -0.3 is 0 Å². The van der Waals surface area contributed by atoms with E-state index < -0.39 is 0 Å². The van der Waals surface area contributed by atoms with Gasteiger partial charge in [0, 0.05) is 40.1 Å². The highest BCUT2D eigenvalue weighted by molar-refractivity contribution is 9.10. The molecule has 3 N–H and O–H groups in total. The Bertz CT molecular complexity index is 543. The minimum Gasteiger partial charge on any atom is -0.273 e. The molecule has 0 spiro atoms. The molecule has 0 saturated carbocycles. The normalized spacial score (nSPS) is 12.6. The Morgan fingerprint density at radius 2 is 2.20 bits per heavy atom. The SMILES string of the molecule is Cn1nccc1CCC(CSc1ccccc1Br)NN. The number of aryl methyl sites for hydroxylation is 2. The highest BCUT2D eigenvalue weighted by atomic mass is 79.9. The first-order valence-electron chi connectivity index (χ1n) is 6.51. The standard InChI is InChI=1S/C14H19BrN4S/c1-19-12(8-9-17-19)7-6-11(18-16)10-20-14-5-3-2-4-13(14)15/h2-5,8-9,11,18H,6-7,10,16H2,1H3. The lowest BCUT2D eigenvalue weighted by Gasteiger charge is -2.15. The smallest absolute Gasteiger partial charge is 0.0492 e. The minimum absolute atomic E-state index is 0.280. The molecule has 1 aromatic carbocycles. The lowest BCUT2D eigenvalue weighted by atomic mass is 10.1. The maximum absolute atomic E-state index is 5.66. The van der Waals surface area contributed by atoms with Gasteiger partial charge >= 0.3 is 0 Å². The van der Waals surface area contributed by atoms with E-state index in [2.05, 4.69) is 44.7 Å². The van der Waals surface area contributed by atoms with E-state index in [0.717, 1.165) is 23.1 Å². The van der Waals surface area contributed by atoms with Gasteiger partial charge in [0.2, 0.25) is 0 Å².